The van der Waals surface area contributed by atoms with Crippen LogP contribution >= 0.6 is 15.9 Å². The first kappa shape index (κ1) is 9.99. The van der Waals surface area contributed by atoms with Gasteiger partial charge in [0.2, 0.25) is 0 Å². The summed E-state index contributed by atoms with van der Waals surface area (Å²) in [5, 5.41) is 3.52. The number of halogens is 1. The van der Waals surface area contributed by atoms with E-state index in [1.54, 1.807) is 0 Å². The lowest BCUT2D eigenvalue weighted by molar-refractivity contribution is 0.593. The summed E-state index contributed by atoms with van der Waals surface area (Å²) in [4.78, 5) is 0. The molecule has 0 bridgehead atoms. The summed E-state index contributed by atoms with van der Waals surface area (Å²) in [7, 11) is 0. The van der Waals surface area contributed by atoms with Crippen LogP contribution in [0, 0.1) is 0 Å². The highest BCUT2D eigenvalue weighted by atomic mass is 79.9. The molecule has 1 heterocycles. The molecule has 0 radical (unpaired) electrons. The minimum atomic E-state index is 0.564. The van der Waals surface area contributed by atoms with Crippen molar-refractivity contribution in [3.05, 3.63) is 28.2 Å². The number of rotatable bonds is 2. The molecule has 1 unspecified atom stereocenters. The normalized spacial score (nSPS) is 20.0. The van der Waals surface area contributed by atoms with Gasteiger partial charge in [-0.25, -0.2) is 0 Å². The molecule has 14 heavy (non-hydrogen) atoms. The Morgan fingerprint density at radius 2 is 2.36 bits per heavy atom. The average molecular weight is 255 g/mol. The minimum Gasteiger partial charge on any atom is -0.382 e. The fourth-order valence-electron chi connectivity index (χ4n) is 1.95. The minimum absolute atomic E-state index is 0.564. The van der Waals surface area contributed by atoms with Gasteiger partial charge in [-0.2, -0.15) is 0 Å². The van der Waals surface area contributed by atoms with Gasteiger partial charge in [0.05, 0.1) is 0 Å². The number of fused-ring (bicyclic) bond motifs is 1. The molecule has 1 aromatic carbocycles. The Hall–Kier alpha value is -0.540. The number of benzene rings is 1. The molecule has 2 nitrogen and oxygen atoms in total. The zero-order valence-electron chi connectivity index (χ0n) is 8.09. The van der Waals surface area contributed by atoms with Crippen LogP contribution in [0.4, 0.5) is 5.69 Å². The maximum Gasteiger partial charge on any atom is 0.0375 e. The molecule has 0 saturated heterocycles. The van der Waals surface area contributed by atoms with Crippen molar-refractivity contribution in [3.8, 4) is 0 Å². The third-order valence-corrected chi connectivity index (χ3v) is 3.20. The van der Waals surface area contributed by atoms with E-state index in [9.17, 15) is 0 Å². The van der Waals surface area contributed by atoms with E-state index < -0.39 is 0 Å². The Morgan fingerprint density at radius 3 is 3.14 bits per heavy atom. The van der Waals surface area contributed by atoms with Gasteiger partial charge in [0.25, 0.3) is 0 Å². The van der Waals surface area contributed by atoms with Gasteiger partial charge in [-0.1, -0.05) is 15.9 Å². The number of nitrogens with two attached hydrogens (primary N) is 1. The fourth-order valence-corrected chi connectivity index (χ4v) is 2.36. The number of anilines is 1. The van der Waals surface area contributed by atoms with Gasteiger partial charge in [0.15, 0.2) is 0 Å². The zero-order valence-corrected chi connectivity index (χ0v) is 9.68. The molecule has 0 fully saturated rings. The van der Waals surface area contributed by atoms with Gasteiger partial charge in [-0.15, -0.1) is 0 Å². The first-order chi connectivity index (χ1) is 6.79. The summed E-state index contributed by atoms with van der Waals surface area (Å²) in [5.41, 5.74) is 8.24. The molecule has 1 aromatic rings. The second-order valence-electron chi connectivity index (χ2n) is 3.76. The Bertz CT molecular complexity index is 325. The lowest BCUT2D eigenvalue weighted by Crippen LogP contribution is -2.27. The van der Waals surface area contributed by atoms with E-state index >= 15 is 0 Å². The molecular weight excluding hydrogens is 240 g/mol. The Balaban J connectivity index is 2.15. The van der Waals surface area contributed by atoms with Crippen molar-refractivity contribution >= 4 is 21.6 Å². The molecular formula is C11H15BrN2. The average Bonchev–Trinajstić information content (AvgIpc) is 2.19. The molecule has 1 aliphatic rings. The number of aryl methyl sites for hydroxylation is 1. The summed E-state index contributed by atoms with van der Waals surface area (Å²) in [5.74, 6) is 0. The molecule has 2 rings (SSSR count). The van der Waals surface area contributed by atoms with Crippen molar-refractivity contribution in [3.63, 3.8) is 0 Å². The van der Waals surface area contributed by atoms with Gasteiger partial charge in [-0.3, -0.25) is 0 Å². The highest BCUT2D eigenvalue weighted by Crippen LogP contribution is 2.28. The molecule has 1 aliphatic heterocycles. The molecule has 3 heteroatoms. The van der Waals surface area contributed by atoms with E-state index in [2.05, 4.69) is 39.4 Å². The van der Waals surface area contributed by atoms with Crippen molar-refractivity contribution in [2.24, 2.45) is 5.73 Å². The predicted molar refractivity (Wildman–Crippen MR) is 63.5 cm³/mol. The first-order valence-corrected chi connectivity index (χ1v) is 5.84. The topological polar surface area (TPSA) is 38.0 Å². The van der Waals surface area contributed by atoms with E-state index in [0.717, 1.165) is 23.9 Å². The van der Waals surface area contributed by atoms with Gasteiger partial charge < -0.3 is 11.1 Å². The summed E-state index contributed by atoms with van der Waals surface area (Å²) < 4.78 is 1.16. The van der Waals surface area contributed by atoms with Crippen LogP contribution in [-0.4, -0.2) is 12.6 Å². The van der Waals surface area contributed by atoms with Crippen LogP contribution in [-0.2, 0) is 6.42 Å². The van der Waals surface area contributed by atoms with Crippen molar-refractivity contribution in [1.82, 2.24) is 0 Å². The standard InChI is InChI=1S/C11H15BrN2/c12-9-2-4-11-8(7-9)1-3-10(14-11)5-6-13/h2,4,7,10,14H,1,3,5-6,13H2. The number of hydrogen-bond donors (Lipinski definition) is 2. The Labute approximate surface area is 93.0 Å². The lowest BCUT2D eigenvalue weighted by atomic mass is 9.96. The van der Waals surface area contributed by atoms with Crippen LogP contribution in [0.5, 0.6) is 0 Å². The SMILES string of the molecule is NCCC1CCc2cc(Br)ccc2N1. The Morgan fingerprint density at radius 1 is 1.50 bits per heavy atom. The van der Waals surface area contributed by atoms with E-state index in [1.165, 1.54) is 17.7 Å². The van der Waals surface area contributed by atoms with Crippen molar-refractivity contribution < 1.29 is 0 Å². The quantitative estimate of drug-likeness (QED) is 0.852. The summed E-state index contributed by atoms with van der Waals surface area (Å²) in [6.07, 6.45) is 3.42. The molecule has 0 aromatic heterocycles. The highest BCUT2D eigenvalue weighted by molar-refractivity contribution is 9.10. The largest absolute Gasteiger partial charge is 0.382 e. The molecule has 3 N–H and O–H groups in total. The van der Waals surface area contributed by atoms with E-state index in [-0.39, 0.29) is 0 Å². The second kappa shape index (κ2) is 4.32. The lowest BCUT2D eigenvalue weighted by Gasteiger charge is -2.26. The molecule has 1 atom stereocenters. The van der Waals surface area contributed by atoms with E-state index in [0.29, 0.717) is 6.04 Å². The predicted octanol–water partition coefficient (Wildman–Crippen LogP) is 2.52. The van der Waals surface area contributed by atoms with Crippen LogP contribution in [0.15, 0.2) is 22.7 Å². The van der Waals surface area contributed by atoms with Gasteiger partial charge >= 0.3 is 0 Å². The van der Waals surface area contributed by atoms with Gasteiger partial charge in [0.1, 0.15) is 0 Å². The van der Waals surface area contributed by atoms with Gasteiger partial charge in [-0.05, 0) is 49.6 Å². The van der Waals surface area contributed by atoms with E-state index in [4.69, 9.17) is 5.73 Å². The van der Waals surface area contributed by atoms with Crippen LogP contribution in [0.2, 0.25) is 0 Å². The smallest absolute Gasteiger partial charge is 0.0375 e. The zero-order chi connectivity index (χ0) is 9.97. The third-order valence-electron chi connectivity index (χ3n) is 2.70. The number of hydrogen-bond acceptors (Lipinski definition) is 2. The number of nitrogens with one attached hydrogen (secondary N) is 1. The van der Waals surface area contributed by atoms with Crippen molar-refractivity contribution in [2.75, 3.05) is 11.9 Å². The van der Waals surface area contributed by atoms with Crippen LogP contribution in [0.1, 0.15) is 18.4 Å². The molecule has 0 saturated carbocycles. The van der Waals surface area contributed by atoms with Crippen LogP contribution in [0.25, 0.3) is 0 Å². The maximum atomic E-state index is 5.56. The van der Waals surface area contributed by atoms with Crippen molar-refractivity contribution in [1.29, 1.82) is 0 Å². The second-order valence-corrected chi connectivity index (χ2v) is 4.67. The van der Waals surface area contributed by atoms with Gasteiger partial charge in [0, 0.05) is 16.2 Å². The first-order valence-electron chi connectivity index (χ1n) is 5.04. The summed E-state index contributed by atoms with van der Waals surface area (Å²) >= 11 is 3.49. The van der Waals surface area contributed by atoms with E-state index in [1.807, 2.05) is 0 Å². The molecule has 0 spiro atoms. The van der Waals surface area contributed by atoms with Crippen molar-refractivity contribution in [2.45, 2.75) is 25.3 Å². The molecule has 76 valence electrons. The molecule has 0 amide bonds. The highest BCUT2D eigenvalue weighted by Gasteiger charge is 2.16. The van der Waals surface area contributed by atoms with Crippen LogP contribution in [0.3, 0.4) is 0 Å². The summed E-state index contributed by atoms with van der Waals surface area (Å²) in [6.45, 7) is 0.767. The molecule has 0 aliphatic carbocycles. The fraction of sp³-hybridized carbons (Fsp3) is 0.455. The maximum absolute atomic E-state index is 5.56. The van der Waals surface area contributed by atoms with Crippen LogP contribution < -0.4 is 11.1 Å². The monoisotopic (exact) mass is 254 g/mol. The Kier molecular flexibility index (Phi) is 3.08. The summed E-state index contributed by atoms with van der Waals surface area (Å²) in [6, 6.07) is 6.98. The third kappa shape index (κ3) is 2.10.